The van der Waals surface area contributed by atoms with Crippen molar-refractivity contribution < 1.29 is 167 Å². The number of likely N-dealkylation sites (N-methyl/N-ethyl adjacent to an activating group) is 1. The number of carboxylic acids is 1. The number of phosphoric ester groups is 1. The molecule has 0 radical (unpaired) electrons. The van der Waals surface area contributed by atoms with Crippen molar-refractivity contribution in [3.05, 3.63) is 81.4 Å². The Bertz CT molecular complexity index is 4610. The van der Waals surface area contributed by atoms with E-state index in [1.54, 1.807) is 49.1 Å². The molecule has 13 N–H and O–H groups in total. The minimum Gasteiger partial charge on any atom is -0.756 e. The number of unbranched alkanes of at least 4 members (excludes halogenated alkanes) is 28. The first kappa shape index (κ1) is 127. The van der Waals surface area contributed by atoms with E-state index in [1.807, 2.05) is 0 Å². The molecule has 3 heterocycles. The van der Waals surface area contributed by atoms with Gasteiger partial charge in [0.15, 0.2) is 12.1 Å². The zero-order valence-electron chi connectivity index (χ0n) is 82.6. The Labute approximate surface area is 860 Å². The van der Waals surface area contributed by atoms with E-state index in [9.17, 15) is 85.3 Å². The number of esters is 2. The fourth-order valence-electron chi connectivity index (χ4n) is 14.6. The van der Waals surface area contributed by atoms with Crippen LogP contribution >= 0.6 is 43.7 Å². The number of hydrogen-bond donors (Lipinski definition) is 13. The molecule has 49 heteroatoms. The summed E-state index contributed by atoms with van der Waals surface area (Å²) < 4.78 is 83.7. The zero-order valence-corrected chi connectivity index (χ0v) is 88.8. The zero-order chi connectivity index (χ0) is 103. The summed E-state index contributed by atoms with van der Waals surface area (Å²) in [4.78, 5) is 183. The smallest absolute Gasteiger partial charge is 0.756 e. The molecule has 2 unspecified atom stereocenters. The van der Waals surface area contributed by atoms with Gasteiger partial charge in [0.25, 0.3) is 13.7 Å². The van der Waals surface area contributed by atoms with Crippen molar-refractivity contribution in [2.24, 2.45) is 13.0 Å². The number of fused-ring (bicyclic) bond motifs is 1. The summed E-state index contributed by atoms with van der Waals surface area (Å²) in [6, 6.07) is 5.16. The van der Waals surface area contributed by atoms with Gasteiger partial charge in [0.2, 0.25) is 62.7 Å². The molecule has 2 aromatic heterocycles. The quantitative estimate of drug-likeness (QED) is 0.00291. The molecule has 1 aliphatic heterocycles. The second kappa shape index (κ2) is 75.8. The second-order valence-corrected chi connectivity index (χ2v) is 39.5. The van der Waals surface area contributed by atoms with Crippen LogP contribution in [0.2, 0.25) is 0 Å². The Morgan fingerprint density at radius 3 is 1.77 bits per heavy atom. The number of amides is 9. The molecule has 1 fully saturated rings. The number of aryl methyl sites for hydroxylation is 3. The van der Waals surface area contributed by atoms with Gasteiger partial charge in [-0.2, -0.15) is 4.72 Å². The molecular weight excluding hydrogens is 1950 g/mol. The molecule has 4 aromatic rings. The van der Waals surface area contributed by atoms with Crippen molar-refractivity contribution in [2.75, 3.05) is 95.4 Å². The fourth-order valence-corrected chi connectivity index (χ4v) is 18.9. The maximum Gasteiger partial charge on any atom is 1.00 e. The Hall–Kier alpha value is -7.91. The number of H-pyrrole nitrogens is 1. The second-order valence-electron chi connectivity index (χ2n) is 33.9. The Morgan fingerprint density at radius 2 is 1.21 bits per heavy atom. The number of pyridine rings is 1. The van der Waals surface area contributed by atoms with Crippen LogP contribution in [0.3, 0.4) is 0 Å². The monoisotopic (exact) mass is 2100 g/mol. The van der Waals surface area contributed by atoms with Crippen molar-refractivity contribution in [2.45, 2.75) is 301 Å². The van der Waals surface area contributed by atoms with Crippen LogP contribution in [0.25, 0.3) is 10.9 Å². The van der Waals surface area contributed by atoms with Gasteiger partial charge in [-0.25, -0.2) is 23.9 Å². The first-order valence-electron chi connectivity index (χ1n) is 48.2. The summed E-state index contributed by atoms with van der Waals surface area (Å²) in [6.45, 7) is 6.38. The summed E-state index contributed by atoms with van der Waals surface area (Å²) in [5.74, 6) is -7.68. The number of imidazole rings is 1. The normalized spacial score (nSPS) is 13.7. The fraction of sp³-hybridized carbons (Fsp3) is 0.674. The SMILES string of the molecule is CCCCCCCCCCCCCCCCCC(=O)OC[C@H](COP(=O)([O-])OCCNC(=O)COCCNC(=O)CCN1C(=O)CC(SCC(=O)N[C@@H](CSOOO)C(=O)NC)C1=O)OC(=O)CCCCCCCCCCCCCCCCC.Cc1cc(OCCCC(=O)NNC(=O)[C@@H](C)CSOOO)cc(C)c1S(=O)(=O)N[C@@H](CNC(=O)c1cn(C)c2cc(CNc3ncc[nH]3)ccc2c1=O)C(=O)O.[Na+]. The maximum atomic E-state index is 13.5. The maximum absolute atomic E-state index is 13.5. The molecule has 5 rings (SSSR count). The number of carbonyl (C=O) groups excluding carboxylic acids is 11. The molecule has 2 aromatic carbocycles. The molecule has 790 valence electrons. The number of carbonyl (C=O) groups is 12. The third-order valence-corrected chi connectivity index (χ3v) is 27.6. The minimum atomic E-state index is -4.96. The van der Waals surface area contributed by atoms with Crippen LogP contribution in [-0.2, 0) is 123 Å². The van der Waals surface area contributed by atoms with E-state index in [0.717, 1.165) is 60.8 Å². The molecule has 1 aliphatic rings. The standard InChI is InChI=1S/C58H106N5O18PS2.C34H42N8O12S2.Na/c1-4-6-8-10-12-14-16-18-20-22-24-26-28-30-32-34-55(68)76-43-48(79-56(69)35-33-31-29-27-25-23-21-19-17-15-13-11-9-7-5-2)44-78-82(73,74)77-41-38-61-52(65)45-75-40-37-60-51(64)36-39-63-54(67)42-50(58(63)71)83-47-53(66)62-49(57(70)59-3)46-84-81-80-72;1-19-12-23(52-11-5-6-28(43)39-40-31(45)21(3)18-55-54-53-49)13-20(2)30(19)56(50,51)41-26(33(47)48)16-37-32(46)25-17-42(4)27-14-22(7-8-24(27)29(25)44)15-38-34-35-9-10-36-34;/h48-50,72H,4-47H2,1-3H3,(H,59,70)(H,60,64)(H,61,65)(H,62,66)(H,73,74);7-10,12-14,17,21,26,41,49H,5-6,11,15-16,18H2,1-4H3,(H,37,46)(H,39,43)(H,40,45)(H,47,48)(H2,35,36,38);/q;;+1/p-1/t48-,49+,50?;21-,26-;/m10./s1. The number of aromatic nitrogens is 3. The van der Waals surface area contributed by atoms with Crippen LogP contribution in [-0.4, -0.2) is 228 Å². The molecule has 43 nitrogen and oxygen atoms in total. The number of phosphoric acid groups is 1. The summed E-state index contributed by atoms with van der Waals surface area (Å²) in [5, 5.41) is 47.9. The Balaban J connectivity index is 0.000000775. The van der Waals surface area contributed by atoms with Crippen molar-refractivity contribution in [1.82, 2.24) is 61.6 Å². The first-order chi connectivity index (χ1) is 67.3. The van der Waals surface area contributed by atoms with E-state index in [4.69, 9.17) is 38.5 Å². The number of carboxylic acid groups (broad SMARTS) is 1. The third kappa shape index (κ3) is 55.8. The van der Waals surface area contributed by atoms with Crippen LogP contribution in [0.1, 0.15) is 279 Å². The van der Waals surface area contributed by atoms with Gasteiger partial charge in [-0.05, 0) is 74.1 Å². The molecular formula is C92H147N13NaO30PS4. The number of hydrazine groups is 1. The van der Waals surface area contributed by atoms with E-state index < -0.39 is 150 Å². The topological polar surface area (TPSA) is 594 Å². The number of nitrogens with zero attached hydrogens (tertiary/aromatic N) is 3. The molecule has 1 saturated heterocycles. The number of aromatic amines is 1. The summed E-state index contributed by atoms with van der Waals surface area (Å²) >= 11 is 2.17. The van der Waals surface area contributed by atoms with E-state index >= 15 is 0 Å². The van der Waals surface area contributed by atoms with Crippen molar-refractivity contribution >= 4 is 142 Å². The van der Waals surface area contributed by atoms with E-state index in [1.165, 1.54) is 180 Å². The number of nitrogens with one attached hydrogen (secondary N) is 10. The van der Waals surface area contributed by atoms with Crippen LogP contribution in [0.15, 0.2) is 58.6 Å². The molecule has 0 bridgehead atoms. The number of ether oxygens (including phenoxy) is 4. The molecule has 9 amide bonds. The molecule has 0 spiro atoms. The van der Waals surface area contributed by atoms with Crippen LogP contribution in [0.5, 0.6) is 5.75 Å². The number of likely N-dealkylation sites (tertiary alicyclic amines) is 1. The average Bonchev–Trinajstić information content (AvgIpc) is 1.59. The van der Waals surface area contributed by atoms with Crippen molar-refractivity contribution in [3.63, 3.8) is 0 Å². The van der Waals surface area contributed by atoms with Crippen LogP contribution in [0, 0.1) is 19.8 Å². The first-order valence-corrected chi connectivity index (χ1v) is 54.0. The van der Waals surface area contributed by atoms with Gasteiger partial charge in [-0.15, -0.1) is 20.4 Å². The third-order valence-electron chi connectivity index (χ3n) is 22.2. The number of benzene rings is 2. The molecule has 0 saturated carbocycles. The van der Waals surface area contributed by atoms with Crippen LogP contribution in [0.4, 0.5) is 5.95 Å². The predicted octanol–water partition coefficient (Wildman–Crippen LogP) is 7.93. The number of anilines is 1. The van der Waals surface area contributed by atoms with Gasteiger partial charge in [0.1, 0.15) is 36.6 Å². The number of imide groups is 1. The van der Waals surface area contributed by atoms with Gasteiger partial charge in [-0.1, -0.05) is 217 Å². The van der Waals surface area contributed by atoms with Gasteiger partial charge in [0, 0.05) is 139 Å². The number of hydrogen-bond acceptors (Lipinski definition) is 34. The Kier molecular flexibility index (Phi) is 68.4. The molecule has 0 aliphatic carbocycles. The largest absolute Gasteiger partial charge is 1.00 e. The van der Waals surface area contributed by atoms with Gasteiger partial charge in [0.05, 0.1) is 53.6 Å². The van der Waals surface area contributed by atoms with Gasteiger partial charge in [-0.3, -0.25) is 82.6 Å². The number of rotatable bonds is 79. The van der Waals surface area contributed by atoms with Gasteiger partial charge < -0.3 is 79.4 Å². The van der Waals surface area contributed by atoms with Gasteiger partial charge >= 0.3 is 47.5 Å². The molecule has 6 atom stereocenters. The number of thioether (sulfide) groups is 1. The molecule has 141 heavy (non-hydrogen) atoms. The summed E-state index contributed by atoms with van der Waals surface area (Å²) in [7, 11) is -6.40. The number of sulfonamides is 1. The van der Waals surface area contributed by atoms with E-state index in [2.05, 4.69) is 90.0 Å². The summed E-state index contributed by atoms with van der Waals surface area (Å²) in [5.41, 5.74) is 5.59. The summed E-state index contributed by atoms with van der Waals surface area (Å²) in [6.07, 6.45) is 39.3. The minimum absolute atomic E-state index is 0. The van der Waals surface area contributed by atoms with Crippen molar-refractivity contribution in [3.8, 4) is 5.75 Å². The Morgan fingerprint density at radius 1 is 0.645 bits per heavy atom. The van der Waals surface area contributed by atoms with Crippen molar-refractivity contribution in [1.29, 1.82) is 0 Å². The van der Waals surface area contributed by atoms with Crippen LogP contribution < -0.4 is 92.1 Å². The van der Waals surface area contributed by atoms with E-state index in [0.29, 0.717) is 60.7 Å². The van der Waals surface area contributed by atoms with E-state index in [-0.39, 0.29) is 152 Å². The number of aliphatic carboxylic acids is 1. The predicted molar refractivity (Wildman–Crippen MR) is 524 cm³/mol. The average molecular weight is 2100 g/mol.